The zero-order chi connectivity index (χ0) is 21.5. The van der Waals surface area contributed by atoms with Crippen molar-refractivity contribution < 1.29 is 14.3 Å². The highest BCUT2D eigenvalue weighted by atomic mass is 16.5. The molecule has 0 fully saturated rings. The molecular formula is C23H26N4O3. The highest BCUT2D eigenvalue weighted by molar-refractivity contribution is 5.96. The van der Waals surface area contributed by atoms with Crippen molar-refractivity contribution in [3.05, 3.63) is 82.7 Å². The number of carbonyl (C=O) groups excluding carboxylic acids is 2. The van der Waals surface area contributed by atoms with Gasteiger partial charge in [-0.3, -0.25) is 25.1 Å². The molecule has 0 aliphatic carbocycles. The van der Waals surface area contributed by atoms with Crippen molar-refractivity contribution in [2.75, 3.05) is 6.61 Å². The van der Waals surface area contributed by atoms with Crippen LogP contribution < -0.4 is 15.6 Å². The van der Waals surface area contributed by atoms with Crippen molar-refractivity contribution in [1.82, 2.24) is 20.6 Å². The fourth-order valence-electron chi connectivity index (χ4n) is 3.05. The molecule has 0 spiro atoms. The number of aromatic nitrogens is 2. The summed E-state index contributed by atoms with van der Waals surface area (Å²) in [4.78, 5) is 24.6. The number of hydrogen-bond donors (Lipinski definition) is 2. The smallest absolute Gasteiger partial charge is 0.276 e. The van der Waals surface area contributed by atoms with Crippen LogP contribution in [0.1, 0.15) is 39.7 Å². The van der Waals surface area contributed by atoms with E-state index in [-0.39, 0.29) is 6.61 Å². The standard InChI is InChI=1S/C23H26N4O3/c1-4-21-20(13-24-27(21)14-18-8-6-5-7-9-18)23(29)26-25-22(28)15-30-19-11-10-16(2)17(3)12-19/h5-13H,4,14-15H2,1-3H3,(H,25,28)(H,26,29). The summed E-state index contributed by atoms with van der Waals surface area (Å²) < 4.78 is 7.28. The largest absolute Gasteiger partial charge is 0.484 e. The number of nitrogens with one attached hydrogen (secondary N) is 2. The summed E-state index contributed by atoms with van der Waals surface area (Å²) in [5, 5.41) is 4.34. The number of aryl methyl sites for hydroxylation is 2. The van der Waals surface area contributed by atoms with Gasteiger partial charge in [-0.25, -0.2) is 0 Å². The van der Waals surface area contributed by atoms with Crippen LogP contribution in [-0.2, 0) is 17.8 Å². The molecule has 0 unspecified atom stereocenters. The highest BCUT2D eigenvalue weighted by Gasteiger charge is 2.17. The van der Waals surface area contributed by atoms with E-state index >= 15 is 0 Å². The second-order valence-electron chi connectivity index (χ2n) is 7.04. The van der Waals surface area contributed by atoms with Gasteiger partial charge in [0.2, 0.25) is 0 Å². The Bertz CT molecular complexity index is 1030. The summed E-state index contributed by atoms with van der Waals surface area (Å²) >= 11 is 0. The van der Waals surface area contributed by atoms with E-state index in [1.807, 2.05) is 69.3 Å². The third kappa shape index (κ3) is 5.26. The molecule has 0 aliphatic rings. The van der Waals surface area contributed by atoms with E-state index in [1.54, 1.807) is 4.68 Å². The van der Waals surface area contributed by atoms with Gasteiger partial charge in [-0.15, -0.1) is 0 Å². The summed E-state index contributed by atoms with van der Waals surface area (Å²) in [5.74, 6) is -0.253. The first-order valence-corrected chi connectivity index (χ1v) is 9.85. The Morgan fingerprint density at radius 2 is 1.80 bits per heavy atom. The van der Waals surface area contributed by atoms with E-state index in [4.69, 9.17) is 4.74 Å². The molecule has 0 aliphatic heterocycles. The van der Waals surface area contributed by atoms with Crippen LogP contribution in [0.2, 0.25) is 0 Å². The molecule has 156 valence electrons. The number of rotatable bonds is 7. The van der Waals surface area contributed by atoms with Crippen LogP contribution in [-0.4, -0.2) is 28.2 Å². The summed E-state index contributed by atoms with van der Waals surface area (Å²) in [6.07, 6.45) is 2.16. The first-order valence-electron chi connectivity index (χ1n) is 9.85. The van der Waals surface area contributed by atoms with Gasteiger partial charge in [0.05, 0.1) is 24.0 Å². The lowest BCUT2D eigenvalue weighted by Gasteiger charge is -2.11. The molecule has 3 aromatic rings. The second-order valence-corrected chi connectivity index (χ2v) is 7.04. The van der Waals surface area contributed by atoms with Crippen molar-refractivity contribution in [2.45, 2.75) is 33.7 Å². The molecule has 0 bridgehead atoms. The van der Waals surface area contributed by atoms with Crippen LogP contribution >= 0.6 is 0 Å². The van der Waals surface area contributed by atoms with Gasteiger partial charge < -0.3 is 4.74 Å². The molecule has 0 radical (unpaired) electrons. The number of hydrazine groups is 1. The third-order valence-corrected chi connectivity index (χ3v) is 4.87. The van der Waals surface area contributed by atoms with Crippen molar-refractivity contribution in [3.8, 4) is 5.75 Å². The normalized spacial score (nSPS) is 10.5. The lowest BCUT2D eigenvalue weighted by molar-refractivity contribution is -0.123. The highest BCUT2D eigenvalue weighted by Crippen LogP contribution is 2.16. The molecule has 7 heteroatoms. The lowest BCUT2D eigenvalue weighted by Crippen LogP contribution is -2.44. The monoisotopic (exact) mass is 406 g/mol. The van der Waals surface area contributed by atoms with Crippen molar-refractivity contribution >= 4 is 11.8 Å². The van der Waals surface area contributed by atoms with E-state index in [1.165, 1.54) is 6.20 Å². The van der Waals surface area contributed by atoms with Crippen LogP contribution in [0.3, 0.4) is 0 Å². The predicted molar refractivity (Wildman–Crippen MR) is 114 cm³/mol. The Balaban J connectivity index is 1.55. The molecule has 0 saturated carbocycles. The zero-order valence-electron chi connectivity index (χ0n) is 17.4. The maximum atomic E-state index is 12.5. The summed E-state index contributed by atoms with van der Waals surface area (Å²) in [7, 11) is 0. The quantitative estimate of drug-likeness (QED) is 0.591. The fourth-order valence-corrected chi connectivity index (χ4v) is 3.05. The Labute approximate surface area is 176 Å². The van der Waals surface area contributed by atoms with Gasteiger partial charge >= 0.3 is 0 Å². The maximum absolute atomic E-state index is 12.5. The van der Waals surface area contributed by atoms with Crippen molar-refractivity contribution in [1.29, 1.82) is 0 Å². The Morgan fingerprint density at radius 1 is 1.03 bits per heavy atom. The molecule has 1 aromatic heterocycles. The van der Waals surface area contributed by atoms with Crippen LogP contribution in [0.5, 0.6) is 5.75 Å². The molecule has 2 N–H and O–H groups in total. The fraction of sp³-hybridized carbons (Fsp3) is 0.261. The van der Waals surface area contributed by atoms with Crippen LogP contribution in [0.4, 0.5) is 0 Å². The summed E-state index contributed by atoms with van der Waals surface area (Å²) in [6, 6.07) is 15.5. The second kappa shape index (κ2) is 9.73. The van der Waals surface area contributed by atoms with Gasteiger partial charge in [-0.05, 0) is 49.1 Å². The van der Waals surface area contributed by atoms with E-state index in [0.29, 0.717) is 24.3 Å². The van der Waals surface area contributed by atoms with Crippen molar-refractivity contribution in [2.24, 2.45) is 0 Å². The maximum Gasteiger partial charge on any atom is 0.276 e. The summed E-state index contributed by atoms with van der Waals surface area (Å²) in [6.45, 7) is 6.33. The molecule has 1 heterocycles. The van der Waals surface area contributed by atoms with E-state index in [0.717, 1.165) is 22.4 Å². The average Bonchev–Trinajstić information content (AvgIpc) is 3.16. The Morgan fingerprint density at radius 3 is 2.50 bits per heavy atom. The topological polar surface area (TPSA) is 85.2 Å². The Hall–Kier alpha value is -3.61. The van der Waals surface area contributed by atoms with Gasteiger partial charge in [0.25, 0.3) is 11.8 Å². The number of nitrogens with zero attached hydrogens (tertiary/aromatic N) is 2. The van der Waals surface area contributed by atoms with Crippen LogP contribution in [0.15, 0.2) is 54.7 Å². The summed E-state index contributed by atoms with van der Waals surface area (Å²) in [5.41, 5.74) is 9.39. The van der Waals surface area contributed by atoms with E-state index in [9.17, 15) is 9.59 Å². The van der Waals surface area contributed by atoms with Gasteiger partial charge in [-0.2, -0.15) is 5.10 Å². The molecule has 0 saturated heterocycles. The van der Waals surface area contributed by atoms with E-state index in [2.05, 4.69) is 16.0 Å². The zero-order valence-corrected chi connectivity index (χ0v) is 17.4. The number of amides is 2. The van der Waals surface area contributed by atoms with Gasteiger partial charge in [-0.1, -0.05) is 43.3 Å². The van der Waals surface area contributed by atoms with Gasteiger partial charge in [0.1, 0.15) is 5.75 Å². The number of carbonyl (C=O) groups is 2. The van der Waals surface area contributed by atoms with Crippen LogP contribution in [0, 0.1) is 13.8 Å². The molecule has 2 amide bonds. The average molecular weight is 406 g/mol. The van der Waals surface area contributed by atoms with E-state index < -0.39 is 11.8 Å². The molecule has 3 rings (SSSR count). The number of ether oxygens (including phenoxy) is 1. The Kier molecular flexibility index (Phi) is 6.85. The lowest BCUT2D eigenvalue weighted by atomic mass is 10.1. The first-order chi connectivity index (χ1) is 14.5. The molecule has 7 nitrogen and oxygen atoms in total. The van der Waals surface area contributed by atoms with Gasteiger partial charge in [0, 0.05) is 0 Å². The predicted octanol–water partition coefficient (Wildman–Crippen LogP) is 2.95. The molecule has 30 heavy (non-hydrogen) atoms. The minimum atomic E-state index is -0.448. The minimum absolute atomic E-state index is 0.198. The third-order valence-electron chi connectivity index (χ3n) is 4.87. The van der Waals surface area contributed by atoms with Gasteiger partial charge in [0.15, 0.2) is 6.61 Å². The SMILES string of the molecule is CCc1c(C(=O)NNC(=O)COc2ccc(C)c(C)c2)cnn1Cc1ccccc1. The molecule has 2 aromatic carbocycles. The first kappa shape index (κ1) is 21.1. The molecular weight excluding hydrogens is 380 g/mol. The van der Waals surface area contributed by atoms with Crippen LogP contribution in [0.25, 0.3) is 0 Å². The van der Waals surface area contributed by atoms with Crippen molar-refractivity contribution in [3.63, 3.8) is 0 Å². The number of hydrogen-bond acceptors (Lipinski definition) is 4. The minimum Gasteiger partial charge on any atom is -0.484 e. The number of benzene rings is 2. The molecule has 0 atom stereocenters.